The van der Waals surface area contributed by atoms with Crippen molar-refractivity contribution in [3.05, 3.63) is 59.0 Å². The monoisotopic (exact) mass is 351 g/mol. The molecule has 0 bridgehead atoms. The second-order valence-electron chi connectivity index (χ2n) is 5.96. The van der Waals surface area contributed by atoms with Gasteiger partial charge in [-0.3, -0.25) is 0 Å². The molecule has 2 heterocycles. The summed E-state index contributed by atoms with van der Waals surface area (Å²) in [7, 11) is 0. The van der Waals surface area contributed by atoms with Gasteiger partial charge in [-0.1, -0.05) is 32.0 Å². The predicted octanol–water partition coefficient (Wildman–Crippen LogP) is 1.04. The van der Waals surface area contributed by atoms with Crippen molar-refractivity contribution in [2.24, 2.45) is 0 Å². The van der Waals surface area contributed by atoms with E-state index in [2.05, 4.69) is 35.5 Å². The topological polar surface area (TPSA) is 39.0 Å². The Bertz CT molecular complexity index is 596. The van der Waals surface area contributed by atoms with Gasteiger partial charge in [-0.15, -0.1) is 13.1 Å². The van der Waals surface area contributed by atoms with Crippen molar-refractivity contribution < 1.29 is 58.2 Å². The van der Waals surface area contributed by atoms with Crippen LogP contribution in [0.15, 0.2) is 42.6 Å². The number of rotatable bonds is 2. The normalized spacial score (nSPS) is 16.3. The molecule has 1 aromatic carbocycles. The summed E-state index contributed by atoms with van der Waals surface area (Å²) in [5, 5.41) is 7.96. The molecule has 0 fully saturated rings. The molecule has 1 aliphatic rings. The molecule has 0 unspecified atom stereocenters. The van der Waals surface area contributed by atoms with Gasteiger partial charge in [-0.2, -0.15) is 0 Å². The van der Waals surface area contributed by atoms with E-state index in [4.69, 9.17) is 0 Å². The van der Waals surface area contributed by atoms with Crippen molar-refractivity contribution in [2.45, 2.75) is 25.7 Å². The molecule has 0 amide bonds. The Labute approximate surface area is 175 Å². The minimum Gasteiger partial charge on any atom is -0.661 e. The average Bonchev–Trinajstić information content (AvgIpc) is 2.59. The van der Waals surface area contributed by atoms with E-state index < -0.39 is 0 Å². The first kappa shape index (κ1) is 17.3. The molecule has 0 spiro atoms. The Hall–Kier alpha value is -0.0648. The zero-order valence-corrected chi connectivity index (χ0v) is 18.0. The third kappa shape index (κ3) is 4.23. The minimum atomic E-state index is 0. The summed E-state index contributed by atoms with van der Waals surface area (Å²) < 4.78 is 0. The van der Waals surface area contributed by atoms with Crippen LogP contribution < -0.4 is 63.5 Å². The first-order valence-corrected chi connectivity index (χ1v) is 7.10. The van der Waals surface area contributed by atoms with Crippen molar-refractivity contribution in [2.75, 3.05) is 18.4 Å². The fourth-order valence-electron chi connectivity index (χ4n) is 2.69. The molecule has 0 radical (unpaired) electrons. The summed E-state index contributed by atoms with van der Waals surface area (Å²) >= 11 is 0. The van der Waals surface area contributed by atoms with Gasteiger partial charge in [0, 0.05) is 11.9 Å². The molecule has 4 heteroatoms. The molecule has 1 aliphatic heterocycles. The number of hydrogen-bond acceptors (Lipinski definition) is 2. The summed E-state index contributed by atoms with van der Waals surface area (Å²) in [4.78, 5) is 4.57. The molecule has 0 saturated carbocycles. The van der Waals surface area contributed by atoms with Crippen LogP contribution in [0.25, 0.3) is 5.32 Å². The van der Waals surface area contributed by atoms with Gasteiger partial charge in [-0.05, 0) is 41.2 Å². The van der Waals surface area contributed by atoms with Gasteiger partial charge in [0.15, 0.2) is 0 Å². The van der Waals surface area contributed by atoms with Gasteiger partial charge in [-0.25, -0.2) is 4.98 Å². The molecular weight excluding hydrogens is 332 g/mol. The van der Waals surface area contributed by atoms with Gasteiger partial charge in [0.1, 0.15) is 5.82 Å². The predicted molar refractivity (Wildman–Crippen MR) is 83.8 cm³/mol. The van der Waals surface area contributed by atoms with Gasteiger partial charge in [0.25, 0.3) is 0 Å². The standard InChI is InChI=1S/C17H20N3.Rb/c1-17(2)12-18-9-8-13-10-16(19-11-15(13)17)20-14-6-4-3-5-7-14;/h3-7,10-11H,8-9,12H2,1-2H3,(H,19,20);/q-1;+1. The third-order valence-corrected chi connectivity index (χ3v) is 3.81. The molecule has 3 nitrogen and oxygen atoms in total. The van der Waals surface area contributed by atoms with Gasteiger partial charge >= 0.3 is 58.2 Å². The van der Waals surface area contributed by atoms with Crippen molar-refractivity contribution >= 4 is 11.5 Å². The molecule has 0 aliphatic carbocycles. The van der Waals surface area contributed by atoms with Crippen LogP contribution in [-0.4, -0.2) is 18.1 Å². The van der Waals surface area contributed by atoms with E-state index in [0.717, 1.165) is 31.0 Å². The van der Waals surface area contributed by atoms with E-state index in [-0.39, 0.29) is 63.6 Å². The van der Waals surface area contributed by atoms with Crippen LogP contribution in [0.5, 0.6) is 0 Å². The number of nitrogens with zero attached hydrogens (tertiary/aromatic N) is 2. The number of fused-ring (bicyclic) bond motifs is 1. The number of pyridine rings is 1. The zero-order valence-electron chi connectivity index (χ0n) is 13.1. The quantitative estimate of drug-likeness (QED) is 0.878. The van der Waals surface area contributed by atoms with Crippen LogP contribution in [0.4, 0.5) is 11.5 Å². The average molecular weight is 352 g/mol. The Kier molecular flexibility index (Phi) is 6.15. The van der Waals surface area contributed by atoms with Crippen molar-refractivity contribution in [1.82, 2.24) is 4.98 Å². The second-order valence-corrected chi connectivity index (χ2v) is 5.96. The molecule has 1 aromatic heterocycles. The first-order chi connectivity index (χ1) is 9.65. The maximum Gasteiger partial charge on any atom is 1.00 e. The Balaban J connectivity index is 0.00000161. The van der Waals surface area contributed by atoms with Crippen LogP contribution in [0.3, 0.4) is 0 Å². The Morgan fingerprint density at radius 1 is 1.19 bits per heavy atom. The van der Waals surface area contributed by atoms with Crippen molar-refractivity contribution in [3.63, 3.8) is 0 Å². The molecular formula is C17H20N3Rb. The van der Waals surface area contributed by atoms with Gasteiger partial charge in [0.05, 0.1) is 0 Å². The molecule has 0 saturated heterocycles. The van der Waals surface area contributed by atoms with E-state index >= 15 is 0 Å². The molecule has 2 aromatic rings. The van der Waals surface area contributed by atoms with E-state index in [0.29, 0.717) is 0 Å². The van der Waals surface area contributed by atoms with E-state index in [1.54, 1.807) is 0 Å². The van der Waals surface area contributed by atoms with E-state index in [9.17, 15) is 0 Å². The maximum absolute atomic E-state index is 4.60. The number of para-hydroxylation sites is 1. The largest absolute Gasteiger partial charge is 1.00 e. The number of hydrogen-bond donors (Lipinski definition) is 1. The fourth-order valence-corrected chi connectivity index (χ4v) is 2.69. The molecule has 1 N–H and O–H groups in total. The molecule has 104 valence electrons. The van der Waals surface area contributed by atoms with Crippen LogP contribution in [0.1, 0.15) is 25.0 Å². The summed E-state index contributed by atoms with van der Waals surface area (Å²) in [6, 6.07) is 12.3. The summed E-state index contributed by atoms with van der Waals surface area (Å²) in [6.45, 7) is 6.28. The second kappa shape index (κ2) is 7.47. The van der Waals surface area contributed by atoms with Gasteiger partial charge < -0.3 is 10.6 Å². The van der Waals surface area contributed by atoms with Crippen LogP contribution >= 0.6 is 0 Å². The number of benzene rings is 1. The Morgan fingerprint density at radius 2 is 1.95 bits per heavy atom. The molecule has 3 rings (SSSR count). The van der Waals surface area contributed by atoms with Crippen molar-refractivity contribution in [1.29, 1.82) is 0 Å². The molecule has 21 heavy (non-hydrogen) atoms. The summed E-state index contributed by atoms with van der Waals surface area (Å²) in [5.74, 6) is 0.910. The van der Waals surface area contributed by atoms with Crippen LogP contribution in [0.2, 0.25) is 0 Å². The number of nitrogens with one attached hydrogen (secondary N) is 1. The van der Waals surface area contributed by atoms with Crippen molar-refractivity contribution in [3.8, 4) is 0 Å². The zero-order chi connectivity index (χ0) is 14.0. The van der Waals surface area contributed by atoms with Crippen LogP contribution in [-0.2, 0) is 11.8 Å². The molecule has 0 atom stereocenters. The van der Waals surface area contributed by atoms with Crippen LogP contribution in [0, 0.1) is 0 Å². The van der Waals surface area contributed by atoms with Gasteiger partial charge in [0.2, 0.25) is 0 Å². The smallest absolute Gasteiger partial charge is 0.661 e. The Morgan fingerprint density at radius 3 is 2.71 bits per heavy atom. The first-order valence-electron chi connectivity index (χ1n) is 7.10. The number of anilines is 2. The minimum absolute atomic E-state index is 0. The summed E-state index contributed by atoms with van der Waals surface area (Å²) in [5.41, 5.74) is 3.85. The van der Waals surface area contributed by atoms with E-state index in [1.165, 1.54) is 11.1 Å². The summed E-state index contributed by atoms with van der Waals surface area (Å²) in [6.07, 6.45) is 3.02. The van der Waals surface area contributed by atoms with E-state index in [1.807, 2.05) is 36.5 Å². The SMILES string of the molecule is CC1(C)C[N-]CCc2cc(Nc3ccccc3)ncc21.[Rb+]. The maximum atomic E-state index is 4.60. The number of aromatic nitrogens is 1. The fraction of sp³-hybridized carbons (Fsp3) is 0.353. The third-order valence-electron chi connectivity index (χ3n) is 3.81.